The molecule has 2 atom stereocenters. The van der Waals surface area contributed by atoms with E-state index in [1.807, 2.05) is 0 Å². The van der Waals surface area contributed by atoms with Crippen molar-refractivity contribution in [2.75, 3.05) is 17.5 Å². The lowest BCUT2D eigenvalue weighted by atomic mass is 9.90. The SMILES string of the molecule is C=C1[C@H]2[C@@H](NC1(C(=O)OCC)C(=O)OCC)c1c(Cl)cccc1N2S(=O)(=O)c1ccccc1. The van der Waals surface area contributed by atoms with E-state index in [0.29, 0.717) is 11.3 Å². The van der Waals surface area contributed by atoms with Crippen molar-refractivity contribution in [1.29, 1.82) is 0 Å². The van der Waals surface area contributed by atoms with Crippen molar-refractivity contribution in [1.82, 2.24) is 5.32 Å². The molecule has 1 saturated heterocycles. The van der Waals surface area contributed by atoms with Crippen LogP contribution in [0, 0.1) is 0 Å². The second-order valence-electron chi connectivity index (χ2n) is 7.57. The van der Waals surface area contributed by atoms with Crippen molar-refractivity contribution in [2.24, 2.45) is 0 Å². The molecular weight excluding hydrogens is 468 g/mol. The van der Waals surface area contributed by atoms with Crippen LogP contribution in [0.25, 0.3) is 0 Å². The summed E-state index contributed by atoms with van der Waals surface area (Å²) in [6.07, 6.45) is 0. The molecule has 1 N–H and O–H groups in total. The van der Waals surface area contributed by atoms with Crippen LogP contribution in [-0.2, 0) is 29.1 Å². The molecule has 1 fully saturated rings. The molecule has 0 spiro atoms. The molecule has 2 heterocycles. The van der Waals surface area contributed by atoms with Crippen molar-refractivity contribution in [3.8, 4) is 0 Å². The van der Waals surface area contributed by atoms with Gasteiger partial charge in [0.05, 0.1) is 35.9 Å². The maximum Gasteiger partial charge on any atom is 0.342 e. The Labute approximate surface area is 197 Å². The molecule has 33 heavy (non-hydrogen) atoms. The molecule has 0 saturated carbocycles. The van der Waals surface area contributed by atoms with Crippen molar-refractivity contribution in [3.63, 3.8) is 0 Å². The minimum absolute atomic E-state index is 0.00759. The highest BCUT2D eigenvalue weighted by Crippen LogP contribution is 2.54. The minimum Gasteiger partial charge on any atom is -0.464 e. The van der Waals surface area contributed by atoms with E-state index in [9.17, 15) is 18.0 Å². The zero-order valence-corrected chi connectivity index (χ0v) is 19.7. The Hall–Kier alpha value is -2.88. The van der Waals surface area contributed by atoms with E-state index in [-0.39, 0.29) is 28.7 Å². The Kier molecular flexibility index (Phi) is 5.98. The number of hydrogen-bond donors (Lipinski definition) is 1. The number of esters is 2. The van der Waals surface area contributed by atoms with Gasteiger partial charge in [0.2, 0.25) is 5.54 Å². The Morgan fingerprint density at radius 3 is 2.24 bits per heavy atom. The number of hydrogen-bond acceptors (Lipinski definition) is 7. The van der Waals surface area contributed by atoms with Gasteiger partial charge >= 0.3 is 11.9 Å². The van der Waals surface area contributed by atoms with Crippen molar-refractivity contribution in [3.05, 3.63) is 71.3 Å². The average Bonchev–Trinajstić information content (AvgIpc) is 3.28. The number of carbonyl (C=O) groups excluding carboxylic acids is 2. The summed E-state index contributed by atoms with van der Waals surface area (Å²) in [5.74, 6) is -1.82. The minimum atomic E-state index is -4.11. The van der Waals surface area contributed by atoms with Crippen molar-refractivity contribution >= 4 is 39.3 Å². The standard InChI is InChI=1S/C23H23ClN2O6S/c1-4-31-21(27)23(22(28)32-5-2)14(3)20-19(25-23)18-16(24)12-9-13-17(18)26(20)33(29,30)15-10-7-6-8-11-15/h6-13,19-20,25H,3-5H2,1-2H3/t19-,20-/m0/s1. The number of benzene rings is 2. The third-order valence-corrected chi connectivity index (χ3v) is 7.96. The summed E-state index contributed by atoms with van der Waals surface area (Å²) in [6.45, 7) is 7.24. The zero-order valence-electron chi connectivity index (χ0n) is 18.1. The molecule has 0 radical (unpaired) electrons. The molecule has 0 bridgehead atoms. The lowest BCUT2D eigenvalue weighted by molar-refractivity contribution is -0.163. The van der Waals surface area contributed by atoms with Crippen LogP contribution in [-0.4, -0.2) is 45.2 Å². The lowest BCUT2D eigenvalue weighted by Crippen LogP contribution is -2.58. The number of nitrogens with zero attached hydrogens (tertiary/aromatic N) is 1. The maximum atomic E-state index is 13.8. The summed E-state index contributed by atoms with van der Waals surface area (Å²) in [5.41, 5.74) is -1.28. The van der Waals surface area contributed by atoms with Crippen LogP contribution in [0.15, 0.2) is 65.6 Å². The Morgan fingerprint density at radius 1 is 1.06 bits per heavy atom. The van der Waals surface area contributed by atoms with Crippen molar-refractivity contribution in [2.45, 2.75) is 36.4 Å². The van der Waals surface area contributed by atoms with E-state index < -0.39 is 39.6 Å². The van der Waals surface area contributed by atoms with E-state index in [2.05, 4.69) is 11.9 Å². The second kappa shape index (κ2) is 8.48. The van der Waals surface area contributed by atoms with Crippen LogP contribution in [0.1, 0.15) is 25.5 Å². The number of fused-ring (bicyclic) bond motifs is 3. The third-order valence-electron chi connectivity index (χ3n) is 5.82. The summed E-state index contributed by atoms with van der Waals surface area (Å²) < 4.78 is 39.1. The summed E-state index contributed by atoms with van der Waals surface area (Å²) in [6, 6.07) is 10.9. The molecule has 174 valence electrons. The molecule has 2 aliphatic rings. The van der Waals surface area contributed by atoms with Gasteiger partial charge in [-0.05, 0) is 43.7 Å². The smallest absolute Gasteiger partial charge is 0.342 e. The first-order valence-electron chi connectivity index (χ1n) is 10.4. The normalized spacial score (nSPS) is 20.8. The molecule has 4 rings (SSSR count). The first-order chi connectivity index (χ1) is 15.7. The quantitative estimate of drug-likeness (QED) is 0.377. The largest absolute Gasteiger partial charge is 0.464 e. The van der Waals surface area contributed by atoms with Gasteiger partial charge in [-0.2, -0.15) is 0 Å². The van der Waals surface area contributed by atoms with Crippen LogP contribution < -0.4 is 9.62 Å². The molecule has 8 nitrogen and oxygen atoms in total. The second-order valence-corrected chi connectivity index (χ2v) is 9.79. The fourth-order valence-corrected chi connectivity index (χ4v) is 6.42. The summed E-state index contributed by atoms with van der Waals surface area (Å²) in [7, 11) is -4.11. The Morgan fingerprint density at radius 2 is 1.67 bits per heavy atom. The van der Waals surface area contributed by atoms with Crippen LogP contribution >= 0.6 is 11.6 Å². The average molecular weight is 491 g/mol. The fourth-order valence-electron chi connectivity index (χ4n) is 4.44. The predicted octanol–water partition coefficient (Wildman–Crippen LogP) is 2.98. The van der Waals surface area contributed by atoms with Crippen LogP contribution in [0.5, 0.6) is 0 Å². The van der Waals surface area contributed by atoms with Crippen molar-refractivity contribution < 1.29 is 27.5 Å². The summed E-state index contributed by atoms with van der Waals surface area (Å²) >= 11 is 6.50. The summed E-state index contributed by atoms with van der Waals surface area (Å²) in [4.78, 5) is 26.3. The van der Waals surface area contributed by atoms with Gasteiger partial charge in [-0.25, -0.2) is 18.0 Å². The van der Waals surface area contributed by atoms with Crippen LogP contribution in [0.3, 0.4) is 0 Å². The lowest BCUT2D eigenvalue weighted by Gasteiger charge is -2.31. The highest BCUT2D eigenvalue weighted by atomic mass is 35.5. The number of carbonyl (C=O) groups is 2. The molecular formula is C23H23ClN2O6S. The van der Waals surface area contributed by atoms with Gasteiger partial charge in [0.1, 0.15) is 0 Å². The van der Waals surface area contributed by atoms with Crippen LogP contribution in [0.4, 0.5) is 5.69 Å². The van der Waals surface area contributed by atoms with Gasteiger partial charge in [-0.3, -0.25) is 9.62 Å². The van der Waals surface area contributed by atoms with E-state index in [0.717, 1.165) is 0 Å². The molecule has 0 unspecified atom stereocenters. The van der Waals surface area contributed by atoms with E-state index >= 15 is 0 Å². The highest BCUT2D eigenvalue weighted by molar-refractivity contribution is 7.93. The molecule has 2 aromatic rings. The number of rotatable bonds is 6. The van der Waals surface area contributed by atoms with Gasteiger partial charge in [-0.1, -0.05) is 42.4 Å². The summed E-state index contributed by atoms with van der Waals surface area (Å²) in [5, 5.41) is 3.29. The topological polar surface area (TPSA) is 102 Å². The van der Waals surface area contributed by atoms with E-state index in [1.165, 1.54) is 16.4 Å². The predicted molar refractivity (Wildman–Crippen MR) is 122 cm³/mol. The van der Waals surface area contributed by atoms with E-state index in [4.69, 9.17) is 21.1 Å². The number of halogens is 1. The first-order valence-corrected chi connectivity index (χ1v) is 12.2. The van der Waals surface area contributed by atoms with Gasteiger partial charge < -0.3 is 9.47 Å². The third kappa shape index (κ3) is 3.34. The number of nitrogens with one attached hydrogen (secondary N) is 1. The fraction of sp³-hybridized carbons (Fsp3) is 0.304. The van der Waals surface area contributed by atoms with Gasteiger partial charge in [0.15, 0.2) is 0 Å². The molecule has 2 aromatic carbocycles. The Bertz CT molecular complexity index is 1210. The van der Waals surface area contributed by atoms with Gasteiger partial charge in [0.25, 0.3) is 10.0 Å². The molecule has 0 aliphatic carbocycles. The van der Waals surface area contributed by atoms with E-state index in [1.54, 1.807) is 50.2 Å². The monoisotopic (exact) mass is 490 g/mol. The number of sulfonamides is 1. The zero-order chi connectivity index (χ0) is 24.0. The molecule has 0 aromatic heterocycles. The van der Waals surface area contributed by atoms with Crippen LogP contribution in [0.2, 0.25) is 5.02 Å². The Balaban J connectivity index is 1.94. The number of anilines is 1. The number of ether oxygens (including phenoxy) is 2. The molecule has 2 aliphatic heterocycles. The molecule has 10 heteroatoms. The molecule has 0 amide bonds. The van der Waals surface area contributed by atoms with Gasteiger partial charge in [0, 0.05) is 10.6 Å². The highest BCUT2D eigenvalue weighted by Gasteiger charge is 2.66. The van der Waals surface area contributed by atoms with Gasteiger partial charge in [-0.15, -0.1) is 0 Å². The maximum absolute atomic E-state index is 13.8. The first kappa shape index (κ1) is 23.3.